The Morgan fingerprint density at radius 1 is 1.43 bits per heavy atom. The molecule has 0 aromatic carbocycles. The molecule has 0 spiro atoms. The molecule has 0 saturated carbocycles. The SMILES string of the molecule is C=Cc1[nH]cc(OS(=O)(=O)O)c1C=C. The predicted octanol–water partition coefficient (Wildman–Crippen LogP) is 1.48. The lowest BCUT2D eigenvalue weighted by Gasteiger charge is -1.99. The number of H-pyrrole nitrogens is 1. The number of hydrogen-bond acceptors (Lipinski definition) is 3. The molecule has 1 aromatic rings. The van der Waals surface area contributed by atoms with E-state index in [-0.39, 0.29) is 5.75 Å². The van der Waals surface area contributed by atoms with E-state index in [0.29, 0.717) is 11.3 Å². The first kappa shape index (κ1) is 10.6. The molecule has 0 aliphatic carbocycles. The fraction of sp³-hybridized carbons (Fsp3) is 0. The molecule has 5 nitrogen and oxygen atoms in total. The van der Waals surface area contributed by atoms with Gasteiger partial charge in [0.25, 0.3) is 0 Å². The summed E-state index contributed by atoms with van der Waals surface area (Å²) < 4.78 is 33.6. The van der Waals surface area contributed by atoms with E-state index >= 15 is 0 Å². The Hall–Kier alpha value is -1.53. The van der Waals surface area contributed by atoms with Crippen molar-refractivity contribution >= 4 is 22.6 Å². The van der Waals surface area contributed by atoms with Gasteiger partial charge in [-0.25, -0.2) is 0 Å². The highest BCUT2D eigenvalue weighted by atomic mass is 32.3. The average Bonchev–Trinajstić information content (AvgIpc) is 2.43. The molecule has 6 heteroatoms. The molecule has 0 amide bonds. The normalized spacial score (nSPS) is 10.9. The molecular weight excluding hydrogens is 206 g/mol. The van der Waals surface area contributed by atoms with Gasteiger partial charge in [-0.05, 0) is 6.08 Å². The van der Waals surface area contributed by atoms with Crippen molar-refractivity contribution in [2.45, 2.75) is 0 Å². The van der Waals surface area contributed by atoms with Gasteiger partial charge in [0.1, 0.15) is 0 Å². The fourth-order valence-corrected chi connectivity index (χ4v) is 1.36. The van der Waals surface area contributed by atoms with E-state index < -0.39 is 10.4 Å². The second kappa shape index (κ2) is 3.69. The van der Waals surface area contributed by atoms with Crippen molar-refractivity contribution in [3.63, 3.8) is 0 Å². The van der Waals surface area contributed by atoms with Crippen molar-refractivity contribution in [1.82, 2.24) is 4.98 Å². The van der Waals surface area contributed by atoms with Crippen LogP contribution in [0.4, 0.5) is 0 Å². The molecule has 0 unspecified atom stereocenters. The smallest absolute Gasteiger partial charge is 0.360 e. The molecule has 0 bridgehead atoms. The van der Waals surface area contributed by atoms with Crippen molar-refractivity contribution < 1.29 is 17.2 Å². The molecule has 1 heterocycles. The highest BCUT2D eigenvalue weighted by molar-refractivity contribution is 7.81. The summed E-state index contributed by atoms with van der Waals surface area (Å²) in [5, 5.41) is 0. The maximum absolute atomic E-state index is 10.4. The van der Waals surface area contributed by atoms with Crippen LogP contribution < -0.4 is 4.18 Å². The molecule has 1 aromatic heterocycles. The predicted molar refractivity (Wildman–Crippen MR) is 53.2 cm³/mol. The average molecular weight is 215 g/mol. The van der Waals surface area contributed by atoms with Crippen molar-refractivity contribution in [1.29, 1.82) is 0 Å². The second-order valence-corrected chi connectivity index (χ2v) is 3.42. The Kier molecular flexibility index (Phi) is 2.78. The molecule has 2 N–H and O–H groups in total. The summed E-state index contributed by atoms with van der Waals surface area (Å²) >= 11 is 0. The van der Waals surface area contributed by atoms with E-state index in [1.807, 2.05) is 0 Å². The summed E-state index contributed by atoms with van der Waals surface area (Å²) in [6, 6.07) is 0. The third-order valence-electron chi connectivity index (χ3n) is 1.52. The Morgan fingerprint density at radius 2 is 2.07 bits per heavy atom. The lowest BCUT2D eigenvalue weighted by atomic mass is 10.2. The Balaban J connectivity index is 3.16. The van der Waals surface area contributed by atoms with E-state index in [1.165, 1.54) is 18.3 Å². The highest BCUT2D eigenvalue weighted by Crippen LogP contribution is 2.25. The van der Waals surface area contributed by atoms with Gasteiger partial charge in [-0.15, -0.1) is 0 Å². The van der Waals surface area contributed by atoms with E-state index in [1.54, 1.807) is 0 Å². The standard InChI is InChI=1S/C8H9NO4S/c1-3-6-7(4-2)9-5-8(6)13-14(10,11)12/h3-5,9H,1-2H2,(H,10,11,12). The summed E-state index contributed by atoms with van der Waals surface area (Å²) in [6.45, 7) is 6.98. The number of nitrogens with one attached hydrogen (secondary N) is 1. The molecule has 0 fully saturated rings. The first-order chi connectivity index (χ1) is 6.48. The van der Waals surface area contributed by atoms with Crippen LogP contribution in [0, 0.1) is 0 Å². The molecular formula is C8H9NO4S. The van der Waals surface area contributed by atoms with Crippen LogP contribution in [-0.4, -0.2) is 18.0 Å². The first-order valence-corrected chi connectivity index (χ1v) is 4.97. The molecule has 0 saturated heterocycles. The zero-order valence-electron chi connectivity index (χ0n) is 7.23. The number of hydrogen-bond donors (Lipinski definition) is 2. The lowest BCUT2D eigenvalue weighted by molar-refractivity contribution is 0.386. The Bertz CT molecular complexity index is 458. The molecule has 0 atom stereocenters. The van der Waals surface area contributed by atoms with Gasteiger partial charge in [0.15, 0.2) is 5.75 Å². The first-order valence-electron chi connectivity index (χ1n) is 3.61. The largest absolute Gasteiger partial charge is 0.446 e. The number of aromatic amines is 1. The quantitative estimate of drug-likeness (QED) is 0.745. The van der Waals surface area contributed by atoms with Gasteiger partial charge in [0, 0.05) is 17.5 Å². The molecule has 0 aliphatic rings. The minimum Gasteiger partial charge on any atom is -0.360 e. The van der Waals surface area contributed by atoms with Crippen LogP contribution >= 0.6 is 0 Å². The van der Waals surface area contributed by atoms with Gasteiger partial charge in [-0.2, -0.15) is 8.42 Å². The van der Waals surface area contributed by atoms with Gasteiger partial charge >= 0.3 is 10.4 Å². The van der Waals surface area contributed by atoms with Crippen LogP contribution in [0.2, 0.25) is 0 Å². The van der Waals surface area contributed by atoms with Crippen LogP contribution in [0.1, 0.15) is 11.3 Å². The Morgan fingerprint density at radius 3 is 2.50 bits per heavy atom. The van der Waals surface area contributed by atoms with Crippen LogP contribution in [0.15, 0.2) is 19.4 Å². The maximum Gasteiger partial charge on any atom is 0.446 e. The van der Waals surface area contributed by atoms with E-state index in [4.69, 9.17) is 4.55 Å². The van der Waals surface area contributed by atoms with Crippen LogP contribution in [0.3, 0.4) is 0 Å². The number of aromatic nitrogens is 1. The van der Waals surface area contributed by atoms with E-state index in [9.17, 15) is 8.42 Å². The summed E-state index contributed by atoms with van der Waals surface area (Å²) in [5.41, 5.74) is 0.997. The Labute approximate surface area is 81.7 Å². The van der Waals surface area contributed by atoms with E-state index in [2.05, 4.69) is 22.3 Å². The fourth-order valence-electron chi connectivity index (χ4n) is 0.993. The summed E-state index contributed by atoms with van der Waals surface area (Å²) in [6.07, 6.45) is 4.17. The third-order valence-corrected chi connectivity index (χ3v) is 1.91. The topological polar surface area (TPSA) is 79.4 Å². The number of rotatable bonds is 4. The van der Waals surface area contributed by atoms with Gasteiger partial charge in [0.2, 0.25) is 0 Å². The van der Waals surface area contributed by atoms with Crippen LogP contribution in [0.25, 0.3) is 12.2 Å². The summed E-state index contributed by atoms with van der Waals surface area (Å²) in [4.78, 5) is 2.71. The van der Waals surface area contributed by atoms with Crippen LogP contribution in [-0.2, 0) is 10.4 Å². The summed E-state index contributed by atoms with van der Waals surface area (Å²) in [5.74, 6) is -0.0163. The van der Waals surface area contributed by atoms with Crippen molar-refractivity contribution in [3.8, 4) is 5.75 Å². The van der Waals surface area contributed by atoms with Crippen LogP contribution in [0.5, 0.6) is 5.75 Å². The molecule has 76 valence electrons. The molecule has 1 rings (SSSR count). The van der Waals surface area contributed by atoms with E-state index in [0.717, 1.165) is 0 Å². The zero-order chi connectivity index (χ0) is 10.8. The van der Waals surface area contributed by atoms with Gasteiger partial charge in [0.05, 0.1) is 0 Å². The minimum absolute atomic E-state index is 0.0163. The van der Waals surface area contributed by atoms with Crippen molar-refractivity contribution in [2.75, 3.05) is 0 Å². The third kappa shape index (κ3) is 2.24. The summed E-state index contributed by atoms with van der Waals surface area (Å²) in [7, 11) is -4.51. The highest BCUT2D eigenvalue weighted by Gasteiger charge is 2.13. The molecule has 0 aliphatic heterocycles. The van der Waals surface area contributed by atoms with Crippen molar-refractivity contribution in [2.24, 2.45) is 0 Å². The van der Waals surface area contributed by atoms with Gasteiger partial charge in [-0.3, -0.25) is 4.55 Å². The second-order valence-electron chi connectivity index (χ2n) is 2.40. The zero-order valence-corrected chi connectivity index (χ0v) is 8.04. The molecule has 14 heavy (non-hydrogen) atoms. The maximum atomic E-state index is 10.4. The minimum atomic E-state index is -4.51. The molecule has 0 radical (unpaired) electrons. The van der Waals surface area contributed by atoms with Gasteiger partial charge < -0.3 is 9.17 Å². The lowest BCUT2D eigenvalue weighted by Crippen LogP contribution is -2.06. The van der Waals surface area contributed by atoms with Gasteiger partial charge in [-0.1, -0.05) is 19.2 Å². The van der Waals surface area contributed by atoms with Crippen molar-refractivity contribution in [3.05, 3.63) is 30.6 Å². The monoisotopic (exact) mass is 215 g/mol.